The minimum absolute atomic E-state index is 0.963. The van der Waals surface area contributed by atoms with E-state index >= 15 is 0 Å². The standard InChI is InChI=1S/C3H5F2NO2/c4-3(5,1-6)2(7)8/h1,6H2,(H,7,8). The summed E-state index contributed by atoms with van der Waals surface area (Å²) in [5.74, 6) is -6.13. The summed E-state index contributed by atoms with van der Waals surface area (Å²) in [6.07, 6.45) is 0. The minimum atomic E-state index is -3.76. The molecule has 0 radical (unpaired) electrons. The molecule has 0 aliphatic heterocycles. The molecule has 0 unspecified atom stereocenters. The molecule has 0 saturated carbocycles. The molecule has 0 bridgehead atoms. The average molecular weight is 125 g/mol. The van der Waals surface area contributed by atoms with E-state index in [0.29, 0.717) is 0 Å². The number of carboxylic acid groups (broad SMARTS) is 1. The third-order valence-corrected chi connectivity index (χ3v) is 0.613. The first-order valence-electron chi connectivity index (χ1n) is 1.89. The van der Waals surface area contributed by atoms with Crippen LogP contribution < -0.4 is 10.8 Å². The van der Waals surface area contributed by atoms with Crippen molar-refractivity contribution in [3.05, 3.63) is 0 Å². The Morgan fingerprint density at radius 3 is 2.12 bits per heavy atom. The second kappa shape index (κ2) is 2.04. The van der Waals surface area contributed by atoms with Crippen LogP contribution in [0.5, 0.6) is 0 Å². The molecule has 0 saturated heterocycles. The van der Waals surface area contributed by atoms with Crippen molar-refractivity contribution in [1.82, 2.24) is 0 Å². The highest BCUT2D eigenvalue weighted by Crippen LogP contribution is 2.06. The molecule has 0 atom stereocenters. The zero-order valence-electron chi connectivity index (χ0n) is 3.99. The van der Waals surface area contributed by atoms with Crippen molar-refractivity contribution in [2.75, 3.05) is 6.54 Å². The van der Waals surface area contributed by atoms with Gasteiger partial charge in [-0.1, -0.05) is 0 Å². The minimum Gasteiger partial charge on any atom is -0.544 e. The molecule has 0 heterocycles. The fraction of sp³-hybridized carbons (Fsp3) is 0.667. The van der Waals surface area contributed by atoms with Gasteiger partial charge in [0.15, 0.2) is 0 Å². The predicted molar refractivity (Wildman–Crippen MR) is 17.7 cm³/mol. The topological polar surface area (TPSA) is 67.8 Å². The van der Waals surface area contributed by atoms with Gasteiger partial charge in [0.05, 0.1) is 0 Å². The Labute approximate surface area is 44.1 Å². The zero-order valence-corrected chi connectivity index (χ0v) is 3.99. The van der Waals surface area contributed by atoms with E-state index in [0.717, 1.165) is 0 Å². The molecule has 48 valence electrons. The lowest BCUT2D eigenvalue weighted by molar-refractivity contribution is -0.417. The number of alkyl halides is 2. The Kier molecular flexibility index (Phi) is 1.86. The van der Waals surface area contributed by atoms with Gasteiger partial charge in [-0.25, -0.2) is 0 Å². The highest BCUT2D eigenvalue weighted by Gasteiger charge is 2.30. The lowest BCUT2D eigenvalue weighted by Crippen LogP contribution is -2.63. The van der Waals surface area contributed by atoms with Gasteiger partial charge in [-0.2, -0.15) is 8.78 Å². The van der Waals surface area contributed by atoms with Crippen LogP contribution in [0, 0.1) is 0 Å². The van der Waals surface area contributed by atoms with Crippen molar-refractivity contribution in [3.63, 3.8) is 0 Å². The number of carbonyl (C=O) groups excluding carboxylic acids is 1. The molecule has 0 aromatic carbocycles. The second-order valence-corrected chi connectivity index (χ2v) is 1.24. The van der Waals surface area contributed by atoms with E-state index in [1.54, 1.807) is 0 Å². The van der Waals surface area contributed by atoms with Gasteiger partial charge in [-0.05, 0) is 0 Å². The molecule has 8 heavy (non-hydrogen) atoms. The summed E-state index contributed by atoms with van der Waals surface area (Å²) in [5.41, 5.74) is 2.71. The first-order valence-corrected chi connectivity index (χ1v) is 1.89. The third kappa shape index (κ3) is 1.42. The van der Waals surface area contributed by atoms with Crippen molar-refractivity contribution in [2.45, 2.75) is 5.92 Å². The fourth-order valence-corrected chi connectivity index (χ4v) is 0.102. The smallest absolute Gasteiger partial charge is 0.334 e. The van der Waals surface area contributed by atoms with Gasteiger partial charge in [-0.3, -0.25) is 0 Å². The van der Waals surface area contributed by atoms with Crippen molar-refractivity contribution in [1.29, 1.82) is 0 Å². The van der Waals surface area contributed by atoms with Gasteiger partial charge in [-0.15, -0.1) is 0 Å². The van der Waals surface area contributed by atoms with Crippen molar-refractivity contribution >= 4 is 5.97 Å². The number of hydrogen-bond acceptors (Lipinski definition) is 2. The van der Waals surface area contributed by atoms with Crippen LogP contribution in [-0.2, 0) is 4.79 Å². The summed E-state index contributed by atoms with van der Waals surface area (Å²) in [5, 5.41) is 9.35. The molecule has 0 aliphatic carbocycles. The van der Waals surface area contributed by atoms with Crippen molar-refractivity contribution in [2.24, 2.45) is 0 Å². The van der Waals surface area contributed by atoms with Gasteiger partial charge >= 0.3 is 5.92 Å². The SMILES string of the molecule is [NH3+]CC(F)(F)C(=O)[O-]. The average Bonchev–Trinajstić information content (AvgIpc) is 1.67. The molecule has 0 aromatic rings. The molecule has 0 rings (SSSR count). The van der Waals surface area contributed by atoms with Crippen LogP contribution in [-0.4, -0.2) is 18.4 Å². The highest BCUT2D eigenvalue weighted by atomic mass is 19.3. The maximum absolute atomic E-state index is 11.6. The van der Waals surface area contributed by atoms with Crippen molar-refractivity contribution < 1.29 is 24.4 Å². The normalized spacial score (nSPS) is 11.4. The predicted octanol–water partition coefficient (Wildman–Crippen LogP) is -2.39. The third-order valence-electron chi connectivity index (χ3n) is 0.613. The molecule has 0 aromatic heterocycles. The highest BCUT2D eigenvalue weighted by molar-refractivity contribution is 5.72. The fourth-order valence-electron chi connectivity index (χ4n) is 0.102. The molecular formula is C3H5F2NO2. The summed E-state index contributed by atoms with van der Waals surface area (Å²) >= 11 is 0. The van der Waals surface area contributed by atoms with Crippen LogP contribution in [0.1, 0.15) is 0 Å². The van der Waals surface area contributed by atoms with Gasteiger partial charge in [0.1, 0.15) is 12.5 Å². The summed E-state index contributed by atoms with van der Waals surface area (Å²) in [4.78, 5) is 9.35. The molecule has 5 heteroatoms. The number of quaternary nitrogens is 1. The van der Waals surface area contributed by atoms with Gasteiger partial charge < -0.3 is 15.6 Å². The Morgan fingerprint density at radius 2 is 2.12 bits per heavy atom. The summed E-state index contributed by atoms with van der Waals surface area (Å²) in [7, 11) is 0. The van der Waals surface area contributed by atoms with E-state index in [9.17, 15) is 18.7 Å². The molecule has 3 N–H and O–H groups in total. The summed E-state index contributed by atoms with van der Waals surface area (Å²) in [6.45, 7) is -0.963. The van der Waals surface area contributed by atoms with Gasteiger partial charge in [0, 0.05) is 0 Å². The Balaban J connectivity index is 3.91. The molecule has 0 spiro atoms. The Hall–Kier alpha value is -0.710. The van der Waals surface area contributed by atoms with Crippen LogP contribution in [0.25, 0.3) is 0 Å². The van der Waals surface area contributed by atoms with Gasteiger partial charge in [0.25, 0.3) is 0 Å². The van der Waals surface area contributed by atoms with Crippen LogP contribution in [0.4, 0.5) is 8.78 Å². The number of aliphatic carboxylic acids is 1. The molecule has 3 nitrogen and oxygen atoms in total. The first kappa shape index (κ1) is 7.29. The molecule has 0 aliphatic rings. The van der Waals surface area contributed by atoms with E-state index in [-0.39, 0.29) is 0 Å². The summed E-state index contributed by atoms with van der Waals surface area (Å²) in [6, 6.07) is 0. The number of halogens is 2. The molecule has 0 amide bonds. The lowest BCUT2D eigenvalue weighted by atomic mass is 10.3. The Morgan fingerprint density at radius 1 is 1.75 bits per heavy atom. The summed E-state index contributed by atoms with van der Waals surface area (Å²) < 4.78 is 23.1. The lowest BCUT2D eigenvalue weighted by Gasteiger charge is -2.10. The Bertz CT molecular complexity index is 103. The number of carbonyl (C=O) groups is 1. The van der Waals surface area contributed by atoms with E-state index in [1.807, 2.05) is 0 Å². The van der Waals surface area contributed by atoms with E-state index in [2.05, 4.69) is 5.73 Å². The largest absolute Gasteiger partial charge is 0.544 e. The quantitative estimate of drug-likeness (QED) is 0.447. The monoisotopic (exact) mass is 125 g/mol. The maximum atomic E-state index is 11.6. The van der Waals surface area contributed by atoms with Crippen LogP contribution >= 0.6 is 0 Å². The zero-order chi connectivity index (χ0) is 6.78. The van der Waals surface area contributed by atoms with E-state index in [4.69, 9.17) is 0 Å². The van der Waals surface area contributed by atoms with Crippen LogP contribution in [0.3, 0.4) is 0 Å². The first-order chi connectivity index (χ1) is 3.50. The maximum Gasteiger partial charge on any atom is 0.334 e. The number of carboxylic acids is 1. The number of hydrogen-bond donors (Lipinski definition) is 1. The van der Waals surface area contributed by atoms with E-state index < -0.39 is 18.4 Å². The number of rotatable bonds is 2. The second-order valence-electron chi connectivity index (χ2n) is 1.24. The molecular weight excluding hydrogens is 120 g/mol. The van der Waals surface area contributed by atoms with Gasteiger partial charge in [0.2, 0.25) is 0 Å². The van der Waals surface area contributed by atoms with E-state index in [1.165, 1.54) is 0 Å². The molecule has 0 fully saturated rings. The van der Waals surface area contributed by atoms with Crippen molar-refractivity contribution in [3.8, 4) is 0 Å². The van der Waals surface area contributed by atoms with Crippen LogP contribution in [0.15, 0.2) is 0 Å². The van der Waals surface area contributed by atoms with Crippen LogP contribution in [0.2, 0.25) is 0 Å².